The molecule has 1 N–H and O–H groups in total. The lowest BCUT2D eigenvalue weighted by atomic mass is 10.1. The van der Waals surface area contributed by atoms with E-state index in [0.29, 0.717) is 0 Å². The van der Waals surface area contributed by atoms with E-state index >= 15 is 0 Å². The third kappa shape index (κ3) is 4.60. The maximum atomic E-state index is 12.2. The highest BCUT2D eigenvalue weighted by Crippen LogP contribution is 2.26. The van der Waals surface area contributed by atoms with Gasteiger partial charge in [-0.05, 0) is 61.5 Å². The number of fused-ring (bicyclic) bond motifs is 1. The van der Waals surface area contributed by atoms with Crippen LogP contribution in [0.25, 0.3) is 17.0 Å². The summed E-state index contributed by atoms with van der Waals surface area (Å²) < 4.78 is 0. The molecule has 4 rings (SSSR count). The molecule has 0 bridgehead atoms. The molecule has 6 heteroatoms. The molecule has 1 aromatic carbocycles. The first-order valence-electron chi connectivity index (χ1n) is 9.82. The van der Waals surface area contributed by atoms with Gasteiger partial charge in [-0.25, -0.2) is 4.98 Å². The topological polar surface area (TPSA) is 61.4 Å². The summed E-state index contributed by atoms with van der Waals surface area (Å²) >= 11 is 0. The Kier molecular flexibility index (Phi) is 5.53. The molecule has 1 saturated heterocycles. The number of anilines is 2. The first kappa shape index (κ1) is 19.1. The standard InChI is InChI=1S/C23H25N5O/c1-17-14-22(28-12-10-27(2)11-13-28)26-21-7-6-19(15-20(17)21)25-23(29)8-5-18-4-3-9-24-16-18/h3-9,14-16H,10-13H2,1-2H3,(H,25,29)/b8-5+. The molecular formula is C23H25N5O. The summed E-state index contributed by atoms with van der Waals surface area (Å²) in [5, 5.41) is 3.98. The molecule has 0 aliphatic carbocycles. The van der Waals surface area contributed by atoms with Crippen molar-refractivity contribution in [1.29, 1.82) is 0 Å². The van der Waals surface area contributed by atoms with Crippen LogP contribution in [-0.4, -0.2) is 54.0 Å². The van der Waals surface area contributed by atoms with Gasteiger partial charge in [0, 0.05) is 55.7 Å². The van der Waals surface area contributed by atoms with Gasteiger partial charge in [0.05, 0.1) is 5.52 Å². The highest BCUT2D eigenvalue weighted by molar-refractivity contribution is 6.03. The summed E-state index contributed by atoms with van der Waals surface area (Å²) in [4.78, 5) is 25.8. The summed E-state index contributed by atoms with van der Waals surface area (Å²) in [5.74, 6) is 0.854. The van der Waals surface area contributed by atoms with Crippen LogP contribution in [0.4, 0.5) is 11.5 Å². The van der Waals surface area contributed by atoms with E-state index in [1.54, 1.807) is 18.5 Å². The fourth-order valence-corrected chi connectivity index (χ4v) is 3.48. The summed E-state index contributed by atoms with van der Waals surface area (Å²) in [6.07, 6.45) is 6.69. The van der Waals surface area contributed by atoms with Crippen LogP contribution in [0.5, 0.6) is 0 Å². The SMILES string of the molecule is Cc1cc(N2CCN(C)CC2)nc2ccc(NC(=O)/C=C/c3cccnc3)cc12. The minimum atomic E-state index is -0.173. The number of carbonyl (C=O) groups is 1. The lowest BCUT2D eigenvalue weighted by Gasteiger charge is -2.33. The number of benzene rings is 1. The summed E-state index contributed by atoms with van der Waals surface area (Å²) in [7, 11) is 2.15. The Labute approximate surface area is 170 Å². The van der Waals surface area contributed by atoms with Gasteiger partial charge < -0.3 is 15.1 Å². The van der Waals surface area contributed by atoms with Gasteiger partial charge in [0.15, 0.2) is 0 Å². The first-order valence-corrected chi connectivity index (χ1v) is 9.82. The highest BCUT2D eigenvalue weighted by Gasteiger charge is 2.16. The molecule has 6 nitrogen and oxygen atoms in total. The molecule has 1 amide bonds. The molecule has 0 spiro atoms. The third-order valence-electron chi connectivity index (χ3n) is 5.21. The molecule has 2 aromatic heterocycles. The van der Waals surface area contributed by atoms with Crippen LogP contribution in [0.15, 0.2) is 54.9 Å². The maximum Gasteiger partial charge on any atom is 0.248 e. The number of aryl methyl sites for hydroxylation is 1. The minimum Gasteiger partial charge on any atom is -0.354 e. The van der Waals surface area contributed by atoms with E-state index in [0.717, 1.165) is 59.7 Å². The van der Waals surface area contributed by atoms with E-state index in [1.807, 2.05) is 30.3 Å². The fourth-order valence-electron chi connectivity index (χ4n) is 3.48. The Hall–Kier alpha value is -3.25. The van der Waals surface area contributed by atoms with Crippen LogP contribution in [0, 0.1) is 6.92 Å². The van der Waals surface area contributed by atoms with Crippen LogP contribution >= 0.6 is 0 Å². The van der Waals surface area contributed by atoms with E-state index in [1.165, 1.54) is 6.08 Å². The molecule has 0 saturated carbocycles. The number of pyridine rings is 2. The summed E-state index contributed by atoms with van der Waals surface area (Å²) in [6.45, 7) is 6.18. The number of amides is 1. The zero-order valence-corrected chi connectivity index (χ0v) is 16.8. The molecule has 0 atom stereocenters. The molecule has 29 heavy (non-hydrogen) atoms. The largest absolute Gasteiger partial charge is 0.354 e. The van der Waals surface area contributed by atoms with Gasteiger partial charge >= 0.3 is 0 Å². The van der Waals surface area contributed by atoms with Gasteiger partial charge in [0.2, 0.25) is 5.91 Å². The van der Waals surface area contributed by atoms with Crippen LogP contribution in [0.3, 0.4) is 0 Å². The van der Waals surface area contributed by atoms with Crippen molar-refractivity contribution in [1.82, 2.24) is 14.9 Å². The van der Waals surface area contributed by atoms with Crippen LogP contribution in [0.1, 0.15) is 11.1 Å². The Balaban J connectivity index is 1.50. The number of hydrogen-bond acceptors (Lipinski definition) is 5. The number of piperazine rings is 1. The Morgan fingerprint density at radius 3 is 2.72 bits per heavy atom. The van der Waals surface area contributed by atoms with Gasteiger partial charge in [-0.15, -0.1) is 0 Å². The minimum absolute atomic E-state index is 0.173. The highest BCUT2D eigenvalue weighted by atomic mass is 16.1. The lowest BCUT2D eigenvalue weighted by Crippen LogP contribution is -2.44. The molecule has 3 aromatic rings. The number of carbonyl (C=O) groups excluding carboxylic acids is 1. The summed E-state index contributed by atoms with van der Waals surface area (Å²) in [5.41, 5.74) is 3.75. The van der Waals surface area contributed by atoms with Crippen molar-refractivity contribution in [3.63, 3.8) is 0 Å². The number of aromatic nitrogens is 2. The van der Waals surface area contributed by atoms with Crippen LogP contribution < -0.4 is 10.2 Å². The second kappa shape index (κ2) is 8.41. The molecule has 1 aliphatic heterocycles. The normalized spacial score (nSPS) is 15.2. The van der Waals surface area contributed by atoms with Crippen molar-refractivity contribution in [3.8, 4) is 0 Å². The van der Waals surface area contributed by atoms with Gasteiger partial charge in [0.25, 0.3) is 0 Å². The van der Waals surface area contributed by atoms with Crippen LogP contribution in [0.2, 0.25) is 0 Å². The van der Waals surface area contributed by atoms with Crippen molar-refractivity contribution in [2.24, 2.45) is 0 Å². The van der Waals surface area contributed by atoms with Crippen molar-refractivity contribution < 1.29 is 4.79 Å². The van der Waals surface area contributed by atoms with E-state index in [4.69, 9.17) is 4.98 Å². The average molecular weight is 387 g/mol. The predicted octanol–water partition coefficient (Wildman–Crippen LogP) is 3.34. The quantitative estimate of drug-likeness (QED) is 0.696. The Bertz CT molecular complexity index is 1040. The van der Waals surface area contributed by atoms with Crippen LogP contribution in [-0.2, 0) is 4.79 Å². The number of nitrogens with one attached hydrogen (secondary N) is 1. The van der Waals surface area contributed by atoms with Crippen molar-refractivity contribution in [2.45, 2.75) is 6.92 Å². The smallest absolute Gasteiger partial charge is 0.248 e. The van der Waals surface area contributed by atoms with Gasteiger partial charge in [-0.3, -0.25) is 9.78 Å². The number of rotatable bonds is 4. The Morgan fingerprint density at radius 2 is 1.97 bits per heavy atom. The molecule has 0 unspecified atom stereocenters. The second-order valence-corrected chi connectivity index (χ2v) is 7.43. The number of nitrogens with zero attached hydrogens (tertiary/aromatic N) is 4. The van der Waals surface area contributed by atoms with E-state index < -0.39 is 0 Å². The third-order valence-corrected chi connectivity index (χ3v) is 5.21. The van der Waals surface area contributed by atoms with Gasteiger partial charge in [-0.1, -0.05) is 6.07 Å². The molecular weight excluding hydrogens is 362 g/mol. The number of likely N-dealkylation sites (N-methyl/N-ethyl adjacent to an activating group) is 1. The Morgan fingerprint density at radius 1 is 1.14 bits per heavy atom. The van der Waals surface area contributed by atoms with Crippen molar-refractivity contribution in [3.05, 3.63) is 66.0 Å². The monoisotopic (exact) mass is 387 g/mol. The second-order valence-electron chi connectivity index (χ2n) is 7.43. The molecule has 0 radical (unpaired) electrons. The van der Waals surface area contributed by atoms with E-state index in [2.05, 4.69) is 40.1 Å². The van der Waals surface area contributed by atoms with Gasteiger partial charge in [-0.2, -0.15) is 0 Å². The van der Waals surface area contributed by atoms with E-state index in [9.17, 15) is 4.79 Å². The zero-order valence-electron chi connectivity index (χ0n) is 16.8. The first-order chi connectivity index (χ1) is 14.1. The predicted molar refractivity (Wildman–Crippen MR) is 118 cm³/mol. The number of hydrogen-bond donors (Lipinski definition) is 1. The van der Waals surface area contributed by atoms with Crippen molar-refractivity contribution in [2.75, 3.05) is 43.4 Å². The van der Waals surface area contributed by atoms with Crippen molar-refractivity contribution >= 4 is 34.4 Å². The molecule has 1 fully saturated rings. The molecule has 3 heterocycles. The molecule has 1 aliphatic rings. The van der Waals surface area contributed by atoms with Gasteiger partial charge in [0.1, 0.15) is 5.82 Å². The summed E-state index contributed by atoms with van der Waals surface area (Å²) in [6, 6.07) is 11.7. The maximum absolute atomic E-state index is 12.2. The molecule has 148 valence electrons. The van der Waals surface area contributed by atoms with E-state index in [-0.39, 0.29) is 5.91 Å². The lowest BCUT2D eigenvalue weighted by molar-refractivity contribution is -0.111. The average Bonchev–Trinajstić information content (AvgIpc) is 2.74. The zero-order chi connectivity index (χ0) is 20.2. The fraction of sp³-hybridized carbons (Fsp3) is 0.261.